The average molecular weight is 370 g/mol. The number of nitrogens with zero attached hydrogens (tertiary/aromatic N) is 1. The fourth-order valence-corrected chi connectivity index (χ4v) is 3.00. The van der Waals surface area contributed by atoms with Gasteiger partial charge in [0.1, 0.15) is 5.82 Å². The van der Waals surface area contributed by atoms with Crippen molar-refractivity contribution in [1.29, 1.82) is 0 Å². The van der Waals surface area contributed by atoms with E-state index in [9.17, 15) is 14.0 Å². The quantitative estimate of drug-likeness (QED) is 0.728. The van der Waals surface area contributed by atoms with Crippen LogP contribution in [0.25, 0.3) is 0 Å². The second-order valence-electron chi connectivity index (χ2n) is 6.51. The molecule has 0 fully saturated rings. The maximum Gasteiger partial charge on any atom is 0.239 e. The molecule has 1 atom stereocenters. The van der Waals surface area contributed by atoms with E-state index in [0.29, 0.717) is 13.1 Å². The molecule has 2 rings (SSSR count). The summed E-state index contributed by atoms with van der Waals surface area (Å²) in [7, 11) is 0. The average Bonchev–Trinajstić information content (AvgIpc) is 2.70. The number of likely N-dealkylation sites (N-methyl/N-ethyl adjacent to an activating group) is 1. The van der Waals surface area contributed by atoms with Crippen LogP contribution in [-0.4, -0.2) is 29.8 Å². The van der Waals surface area contributed by atoms with Gasteiger partial charge < -0.3 is 10.2 Å². The number of carbonyl (C=O) groups is 2. The van der Waals surface area contributed by atoms with Crippen molar-refractivity contribution in [1.82, 2.24) is 10.2 Å². The molecule has 2 aromatic carbocycles. The van der Waals surface area contributed by atoms with Crippen molar-refractivity contribution in [2.75, 3.05) is 13.1 Å². The molecule has 0 aliphatic rings. The van der Waals surface area contributed by atoms with Crippen LogP contribution in [0.5, 0.6) is 0 Å². The molecule has 0 saturated carbocycles. The zero-order valence-corrected chi connectivity index (χ0v) is 16.0. The maximum absolute atomic E-state index is 13.0. The van der Waals surface area contributed by atoms with Crippen LogP contribution in [-0.2, 0) is 16.1 Å². The van der Waals surface area contributed by atoms with E-state index in [1.54, 1.807) is 17.0 Å². The Morgan fingerprint density at radius 3 is 2.30 bits per heavy atom. The summed E-state index contributed by atoms with van der Waals surface area (Å²) in [5.74, 6) is -0.794. The second-order valence-corrected chi connectivity index (χ2v) is 6.51. The third-order valence-corrected chi connectivity index (χ3v) is 4.51. The Morgan fingerprint density at radius 1 is 1.04 bits per heavy atom. The topological polar surface area (TPSA) is 49.4 Å². The third kappa shape index (κ3) is 6.20. The summed E-state index contributed by atoms with van der Waals surface area (Å²) >= 11 is 0. The summed E-state index contributed by atoms with van der Waals surface area (Å²) in [4.78, 5) is 26.9. The summed E-state index contributed by atoms with van der Waals surface area (Å²) in [5.41, 5.74) is 1.79. The van der Waals surface area contributed by atoms with Crippen LogP contribution in [0.15, 0.2) is 54.6 Å². The second kappa shape index (κ2) is 10.5. The molecule has 5 heteroatoms. The molecule has 27 heavy (non-hydrogen) atoms. The first kappa shape index (κ1) is 20.6. The SMILES string of the molecule is CCCC(C(=O)N(CC)CC(=O)NCc1ccc(F)cc1)c1ccccc1. The van der Waals surface area contributed by atoms with Crippen LogP contribution < -0.4 is 5.32 Å². The van der Waals surface area contributed by atoms with E-state index in [2.05, 4.69) is 12.2 Å². The first-order valence-electron chi connectivity index (χ1n) is 9.40. The number of hydrogen-bond donors (Lipinski definition) is 1. The molecule has 144 valence electrons. The molecule has 0 bridgehead atoms. The molecule has 0 aliphatic carbocycles. The van der Waals surface area contributed by atoms with Crippen LogP contribution in [0, 0.1) is 5.82 Å². The van der Waals surface area contributed by atoms with Gasteiger partial charge in [0.25, 0.3) is 0 Å². The van der Waals surface area contributed by atoms with Gasteiger partial charge in [-0.1, -0.05) is 55.8 Å². The minimum atomic E-state index is -0.310. The molecule has 2 aromatic rings. The molecule has 0 heterocycles. The summed E-state index contributed by atoms with van der Waals surface area (Å²) in [5, 5.41) is 2.79. The molecule has 0 radical (unpaired) electrons. The Hall–Kier alpha value is -2.69. The zero-order valence-electron chi connectivity index (χ0n) is 16.0. The van der Waals surface area contributed by atoms with Gasteiger partial charge in [-0.2, -0.15) is 0 Å². The molecule has 0 aliphatic heterocycles. The lowest BCUT2D eigenvalue weighted by atomic mass is 9.93. The Balaban J connectivity index is 1.98. The number of hydrogen-bond acceptors (Lipinski definition) is 2. The van der Waals surface area contributed by atoms with Crippen molar-refractivity contribution in [3.8, 4) is 0 Å². The normalized spacial score (nSPS) is 11.7. The fraction of sp³-hybridized carbons (Fsp3) is 0.364. The highest BCUT2D eigenvalue weighted by Crippen LogP contribution is 2.23. The van der Waals surface area contributed by atoms with E-state index in [4.69, 9.17) is 0 Å². The van der Waals surface area contributed by atoms with E-state index in [1.165, 1.54) is 12.1 Å². The Morgan fingerprint density at radius 2 is 1.70 bits per heavy atom. The summed E-state index contributed by atoms with van der Waals surface area (Å²) in [6, 6.07) is 15.7. The molecule has 0 aromatic heterocycles. The minimum Gasteiger partial charge on any atom is -0.350 e. The van der Waals surface area contributed by atoms with Crippen LogP contribution >= 0.6 is 0 Å². The first-order chi connectivity index (χ1) is 13.0. The number of rotatable bonds is 9. The Kier molecular flexibility index (Phi) is 7.99. The highest BCUT2D eigenvalue weighted by atomic mass is 19.1. The lowest BCUT2D eigenvalue weighted by Crippen LogP contribution is -2.42. The molecule has 0 saturated heterocycles. The van der Waals surface area contributed by atoms with Gasteiger partial charge in [0.05, 0.1) is 12.5 Å². The van der Waals surface area contributed by atoms with Gasteiger partial charge in [-0.25, -0.2) is 4.39 Å². The van der Waals surface area contributed by atoms with E-state index in [1.807, 2.05) is 37.3 Å². The van der Waals surface area contributed by atoms with Crippen molar-refractivity contribution in [2.45, 2.75) is 39.2 Å². The predicted molar refractivity (Wildman–Crippen MR) is 105 cm³/mol. The third-order valence-electron chi connectivity index (χ3n) is 4.51. The van der Waals surface area contributed by atoms with Gasteiger partial charge in [0.2, 0.25) is 11.8 Å². The molecule has 1 unspecified atom stereocenters. The van der Waals surface area contributed by atoms with E-state index in [-0.39, 0.29) is 30.1 Å². The standard InChI is InChI=1S/C22H27FN2O2/c1-3-8-20(18-9-6-5-7-10-18)22(27)25(4-2)16-21(26)24-15-17-11-13-19(23)14-12-17/h5-7,9-14,20H,3-4,8,15-16H2,1-2H3,(H,24,26). The monoisotopic (exact) mass is 370 g/mol. The number of amides is 2. The van der Waals surface area contributed by atoms with Gasteiger partial charge in [0, 0.05) is 13.1 Å². The molecular formula is C22H27FN2O2. The smallest absolute Gasteiger partial charge is 0.239 e. The highest BCUT2D eigenvalue weighted by Gasteiger charge is 2.25. The Labute approximate surface area is 160 Å². The minimum absolute atomic E-state index is 0.0174. The van der Waals surface area contributed by atoms with Gasteiger partial charge in [0.15, 0.2) is 0 Å². The van der Waals surface area contributed by atoms with Crippen LogP contribution in [0.4, 0.5) is 4.39 Å². The van der Waals surface area contributed by atoms with Crippen molar-refractivity contribution < 1.29 is 14.0 Å². The van der Waals surface area contributed by atoms with Gasteiger partial charge in [-0.05, 0) is 36.6 Å². The number of nitrogens with one attached hydrogen (secondary N) is 1. The van der Waals surface area contributed by atoms with E-state index in [0.717, 1.165) is 24.0 Å². The van der Waals surface area contributed by atoms with E-state index >= 15 is 0 Å². The fourth-order valence-electron chi connectivity index (χ4n) is 3.00. The Bertz CT molecular complexity index is 732. The van der Waals surface area contributed by atoms with Crippen LogP contribution in [0.1, 0.15) is 43.7 Å². The van der Waals surface area contributed by atoms with Crippen molar-refractivity contribution in [2.24, 2.45) is 0 Å². The van der Waals surface area contributed by atoms with E-state index < -0.39 is 0 Å². The predicted octanol–water partition coefficient (Wildman–Crippen LogP) is 3.87. The molecule has 2 amide bonds. The largest absolute Gasteiger partial charge is 0.350 e. The van der Waals surface area contributed by atoms with Crippen LogP contribution in [0.3, 0.4) is 0 Å². The zero-order chi connectivity index (χ0) is 19.6. The van der Waals surface area contributed by atoms with Crippen LogP contribution in [0.2, 0.25) is 0 Å². The summed E-state index contributed by atoms with van der Waals surface area (Å²) < 4.78 is 12.9. The molecule has 1 N–H and O–H groups in total. The molecule has 4 nitrogen and oxygen atoms in total. The summed E-state index contributed by atoms with van der Waals surface area (Å²) in [6.07, 6.45) is 1.64. The van der Waals surface area contributed by atoms with Crippen molar-refractivity contribution in [3.05, 3.63) is 71.5 Å². The highest BCUT2D eigenvalue weighted by molar-refractivity contribution is 5.88. The van der Waals surface area contributed by atoms with Crippen molar-refractivity contribution >= 4 is 11.8 Å². The first-order valence-corrected chi connectivity index (χ1v) is 9.40. The van der Waals surface area contributed by atoms with Gasteiger partial charge in [-0.15, -0.1) is 0 Å². The molecule has 0 spiro atoms. The number of benzene rings is 2. The number of carbonyl (C=O) groups excluding carboxylic acids is 2. The van der Waals surface area contributed by atoms with Crippen molar-refractivity contribution in [3.63, 3.8) is 0 Å². The summed E-state index contributed by atoms with van der Waals surface area (Å²) in [6.45, 7) is 4.72. The molecular weight excluding hydrogens is 343 g/mol. The lowest BCUT2D eigenvalue weighted by Gasteiger charge is -2.26. The maximum atomic E-state index is 13.0. The number of halogens is 1. The van der Waals surface area contributed by atoms with Gasteiger partial charge >= 0.3 is 0 Å². The van der Waals surface area contributed by atoms with Gasteiger partial charge in [-0.3, -0.25) is 9.59 Å². The lowest BCUT2D eigenvalue weighted by molar-refractivity contribution is -0.137.